The molecule has 1 aliphatic rings. The van der Waals surface area contributed by atoms with E-state index in [1.807, 2.05) is 0 Å². The van der Waals surface area contributed by atoms with Gasteiger partial charge in [-0.15, -0.1) is 0 Å². The van der Waals surface area contributed by atoms with E-state index >= 15 is 0 Å². The Kier molecular flexibility index (Phi) is 6.84. The lowest BCUT2D eigenvalue weighted by atomic mass is 9.85. The van der Waals surface area contributed by atoms with E-state index in [0.717, 1.165) is 17.8 Å². The van der Waals surface area contributed by atoms with E-state index < -0.39 is 0 Å². The molecule has 0 aliphatic heterocycles. The summed E-state index contributed by atoms with van der Waals surface area (Å²) in [6.07, 6.45) is 16.3. The first-order valence-corrected chi connectivity index (χ1v) is 7.40. The molecule has 0 aromatic rings. The molecule has 0 bridgehead atoms. The molecule has 1 fully saturated rings. The first-order valence-electron chi connectivity index (χ1n) is 7.40. The molecule has 1 saturated carbocycles. The average molecular weight is 222 g/mol. The second kappa shape index (κ2) is 7.92. The number of hydrogen-bond acceptors (Lipinski definition) is 0. The summed E-state index contributed by atoms with van der Waals surface area (Å²) in [5.74, 6) is 2.83. The highest BCUT2D eigenvalue weighted by Crippen LogP contribution is 2.36. The fourth-order valence-electron chi connectivity index (χ4n) is 2.58. The van der Waals surface area contributed by atoms with Crippen molar-refractivity contribution in [1.29, 1.82) is 0 Å². The van der Waals surface area contributed by atoms with Crippen LogP contribution in [0.2, 0.25) is 0 Å². The van der Waals surface area contributed by atoms with Crippen LogP contribution in [-0.2, 0) is 0 Å². The quantitative estimate of drug-likeness (QED) is 0.352. The van der Waals surface area contributed by atoms with Crippen molar-refractivity contribution in [2.75, 3.05) is 0 Å². The topological polar surface area (TPSA) is 0 Å². The summed E-state index contributed by atoms with van der Waals surface area (Å²) in [5, 5.41) is 0. The normalized spacial score (nSPS) is 20.2. The van der Waals surface area contributed by atoms with Gasteiger partial charge in [0.05, 0.1) is 0 Å². The molecule has 0 amide bonds. The molecule has 1 rings (SSSR count). The standard InChI is InChI=1S/C16H30/c1-4-6-7-9-14(3)16(8-5-2)13-12-15-10-11-15/h5,8,14-16H,4,6-7,9-13H2,1-3H3. The molecule has 0 N–H and O–H groups in total. The van der Waals surface area contributed by atoms with Crippen LogP contribution >= 0.6 is 0 Å². The Hall–Kier alpha value is -0.260. The zero-order valence-corrected chi connectivity index (χ0v) is 11.5. The summed E-state index contributed by atoms with van der Waals surface area (Å²) in [5.41, 5.74) is 0. The summed E-state index contributed by atoms with van der Waals surface area (Å²) in [6.45, 7) is 6.91. The maximum Gasteiger partial charge on any atom is -0.0208 e. The van der Waals surface area contributed by atoms with E-state index in [1.54, 1.807) is 0 Å². The van der Waals surface area contributed by atoms with Crippen LogP contribution in [0.3, 0.4) is 0 Å². The SMILES string of the molecule is CC=CC(CCC1CC1)C(C)CCCCC. The van der Waals surface area contributed by atoms with Crippen LogP contribution in [0.25, 0.3) is 0 Å². The Labute approximate surface area is 103 Å². The van der Waals surface area contributed by atoms with E-state index in [9.17, 15) is 0 Å². The highest BCUT2D eigenvalue weighted by molar-refractivity contribution is 4.89. The third-order valence-corrected chi connectivity index (χ3v) is 4.04. The smallest absolute Gasteiger partial charge is 0.0208 e. The molecule has 0 nitrogen and oxygen atoms in total. The van der Waals surface area contributed by atoms with Crippen molar-refractivity contribution in [2.24, 2.45) is 17.8 Å². The van der Waals surface area contributed by atoms with E-state index in [1.165, 1.54) is 51.4 Å². The van der Waals surface area contributed by atoms with Crippen molar-refractivity contribution in [3.8, 4) is 0 Å². The van der Waals surface area contributed by atoms with Crippen molar-refractivity contribution in [3.63, 3.8) is 0 Å². The molecule has 1 aliphatic carbocycles. The minimum Gasteiger partial charge on any atom is -0.0914 e. The summed E-state index contributed by atoms with van der Waals surface area (Å²) >= 11 is 0. The zero-order valence-electron chi connectivity index (χ0n) is 11.5. The van der Waals surface area contributed by atoms with Gasteiger partial charge in [-0.25, -0.2) is 0 Å². The molecule has 2 atom stereocenters. The lowest BCUT2D eigenvalue weighted by Crippen LogP contribution is -2.09. The van der Waals surface area contributed by atoms with Gasteiger partial charge in [0.1, 0.15) is 0 Å². The van der Waals surface area contributed by atoms with E-state index in [2.05, 4.69) is 32.9 Å². The average Bonchev–Trinajstić information content (AvgIpc) is 3.08. The van der Waals surface area contributed by atoms with Crippen molar-refractivity contribution >= 4 is 0 Å². The minimum absolute atomic E-state index is 0.849. The highest BCUT2D eigenvalue weighted by atomic mass is 14.3. The maximum atomic E-state index is 2.46. The molecular formula is C16H30. The Bertz CT molecular complexity index is 188. The van der Waals surface area contributed by atoms with Gasteiger partial charge in [0.2, 0.25) is 0 Å². The second-order valence-electron chi connectivity index (χ2n) is 5.68. The van der Waals surface area contributed by atoms with Gasteiger partial charge in [-0.3, -0.25) is 0 Å². The molecule has 0 saturated heterocycles. The summed E-state index contributed by atoms with van der Waals surface area (Å²) in [6, 6.07) is 0. The van der Waals surface area contributed by atoms with Crippen LogP contribution < -0.4 is 0 Å². The minimum atomic E-state index is 0.849. The summed E-state index contributed by atoms with van der Waals surface area (Å²) in [7, 11) is 0. The summed E-state index contributed by atoms with van der Waals surface area (Å²) in [4.78, 5) is 0. The molecule has 2 unspecified atom stereocenters. The molecule has 16 heavy (non-hydrogen) atoms. The van der Waals surface area contributed by atoms with Gasteiger partial charge >= 0.3 is 0 Å². The first-order chi connectivity index (χ1) is 7.77. The van der Waals surface area contributed by atoms with Crippen LogP contribution in [-0.4, -0.2) is 0 Å². The van der Waals surface area contributed by atoms with Crippen molar-refractivity contribution in [2.45, 2.75) is 72.1 Å². The van der Waals surface area contributed by atoms with Crippen molar-refractivity contribution in [3.05, 3.63) is 12.2 Å². The van der Waals surface area contributed by atoms with Crippen molar-refractivity contribution < 1.29 is 0 Å². The Morgan fingerprint density at radius 1 is 1.19 bits per heavy atom. The van der Waals surface area contributed by atoms with Crippen molar-refractivity contribution in [1.82, 2.24) is 0 Å². The second-order valence-corrected chi connectivity index (χ2v) is 5.68. The van der Waals surface area contributed by atoms with Gasteiger partial charge in [0, 0.05) is 0 Å². The fourth-order valence-corrected chi connectivity index (χ4v) is 2.58. The molecule has 0 heterocycles. The summed E-state index contributed by atoms with van der Waals surface area (Å²) < 4.78 is 0. The fraction of sp³-hybridized carbons (Fsp3) is 0.875. The van der Waals surface area contributed by atoms with Gasteiger partial charge in [-0.2, -0.15) is 0 Å². The van der Waals surface area contributed by atoms with Gasteiger partial charge < -0.3 is 0 Å². The molecule has 0 spiro atoms. The Morgan fingerprint density at radius 3 is 2.50 bits per heavy atom. The molecule has 0 heteroatoms. The van der Waals surface area contributed by atoms with Crippen LogP contribution in [0, 0.1) is 17.8 Å². The molecule has 0 aromatic heterocycles. The van der Waals surface area contributed by atoms with Crippen LogP contribution in [0.15, 0.2) is 12.2 Å². The van der Waals surface area contributed by atoms with Gasteiger partial charge in [0.25, 0.3) is 0 Å². The highest BCUT2D eigenvalue weighted by Gasteiger charge is 2.23. The molecule has 0 aromatic carbocycles. The van der Waals surface area contributed by atoms with E-state index in [0.29, 0.717) is 0 Å². The number of hydrogen-bond donors (Lipinski definition) is 0. The van der Waals surface area contributed by atoms with Crippen LogP contribution in [0.4, 0.5) is 0 Å². The van der Waals surface area contributed by atoms with E-state index in [-0.39, 0.29) is 0 Å². The van der Waals surface area contributed by atoms with E-state index in [4.69, 9.17) is 0 Å². The largest absolute Gasteiger partial charge is 0.0914 e. The van der Waals surface area contributed by atoms with Gasteiger partial charge in [-0.1, -0.05) is 64.5 Å². The monoisotopic (exact) mass is 222 g/mol. The molecular weight excluding hydrogens is 192 g/mol. The molecule has 94 valence electrons. The Balaban J connectivity index is 2.22. The number of unbranched alkanes of at least 4 members (excludes halogenated alkanes) is 2. The third kappa shape index (κ3) is 5.72. The zero-order chi connectivity index (χ0) is 11.8. The Morgan fingerprint density at radius 2 is 1.94 bits per heavy atom. The first kappa shape index (κ1) is 13.8. The number of rotatable bonds is 9. The lowest BCUT2D eigenvalue weighted by Gasteiger charge is -2.21. The van der Waals surface area contributed by atoms with Crippen LogP contribution in [0.1, 0.15) is 72.1 Å². The lowest BCUT2D eigenvalue weighted by molar-refractivity contribution is 0.354. The van der Waals surface area contributed by atoms with Gasteiger partial charge in [0.15, 0.2) is 0 Å². The number of allylic oxidation sites excluding steroid dienone is 2. The molecule has 0 radical (unpaired) electrons. The van der Waals surface area contributed by atoms with Gasteiger partial charge in [-0.05, 0) is 37.5 Å². The predicted octanol–water partition coefficient (Wildman–Crippen LogP) is 5.59. The maximum absolute atomic E-state index is 2.46. The predicted molar refractivity (Wildman–Crippen MR) is 73.6 cm³/mol. The third-order valence-electron chi connectivity index (χ3n) is 4.04. The van der Waals surface area contributed by atoms with Crippen LogP contribution in [0.5, 0.6) is 0 Å².